The van der Waals surface area contributed by atoms with Gasteiger partial charge in [-0.1, -0.05) is 25.7 Å². The largest absolute Gasteiger partial charge is 0.381 e. The molecule has 0 amide bonds. The number of piperidine rings is 1. The number of rotatable bonds is 6. The average molecular weight is 366 g/mol. The molecule has 3 rings (SSSR count). The summed E-state index contributed by atoms with van der Waals surface area (Å²) in [5, 5.41) is 3.58. The smallest absolute Gasteiger partial charge is 0.193 e. The molecule has 2 saturated heterocycles. The molecule has 2 aliphatic heterocycles. The van der Waals surface area contributed by atoms with Gasteiger partial charge >= 0.3 is 0 Å². The molecule has 1 saturated carbocycles. The normalized spacial score (nSPS) is 26.9. The topological polar surface area (TPSA) is 46.1 Å². The van der Waals surface area contributed by atoms with E-state index in [1.165, 1.54) is 57.9 Å². The fourth-order valence-electron chi connectivity index (χ4n) is 4.95. The summed E-state index contributed by atoms with van der Waals surface area (Å²) in [6, 6.07) is 0. The number of ether oxygens (including phenoxy) is 2. The monoisotopic (exact) mass is 365 g/mol. The van der Waals surface area contributed by atoms with Crippen molar-refractivity contribution in [2.24, 2.45) is 16.3 Å². The molecular formula is C21H39N3O2. The first-order chi connectivity index (χ1) is 12.8. The summed E-state index contributed by atoms with van der Waals surface area (Å²) < 4.78 is 11.2. The second-order valence-electron chi connectivity index (χ2n) is 8.57. The maximum Gasteiger partial charge on any atom is 0.193 e. The summed E-state index contributed by atoms with van der Waals surface area (Å²) in [7, 11) is 1.92. The minimum atomic E-state index is 0.554. The van der Waals surface area contributed by atoms with Gasteiger partial charge in [-0.2, -0.15) is 0 Å². The number of aliphatic imine (C=N–C) groups is 1. The standard InChI is InChI=1S/C21H39N3O2/c1-22-20(23-12-7-14-25-16-19-8-15-26-17-19)24-13-6-11-21(18-24)9-4-2-3-5-10-21/h19H,2-18H2,1H3,(H,22,23). The van der Waals surface area contributed by atoms with Gasteiger partial charge < -0.3 is 19.7 Å². The van der Waals surface area contributed by atoms with E-state index in [4.69, 9.17) is 9.47 Å². The maximum absolute atomic E-state index is 5.81. The van der Waals surface area contributed by atoms with Crippen LogP contribution >= 0.6 is 0 Å². The van der Waals surface area contributed by atoms with Crippen LogP contribution in [0, 0.1) is 11.3 Å². The number of guanidine groups is 1. The van der Waals surface area contributed by atoms with Crippen LogP contribution in [0.5, 0.6) is 0 Å². The summed E-state index contributed by atoms with van der Waals surface area (Å²) in [6.07, 6.45) is 13.5. The molecule has 1 atom stereocenters. The Labute approximate surface area is 159 Å². The van der Waals surface area contributed by atoms with Gasteiger partial charge in [-0.15, -0.1) is 0 Å². The van der Waals surface area contributed by atoms with E-state index in [0.717, 1.165) is 58.3 Å². The Bertz CT molecular complexity index is 427. The first-order valence-electron chi connectivity index (χ1n) is 10.9. The Kier molecular flexibility index (Phi) is 8.06. The van der Waals surface area contributed by atoms with Crippen LogP contribution in [0.15, 0.2) is 4.99 Å². The molecule has 0 radical (unpaired) electrons. The van der Waals surface area contributed by atoms with Gasteiger partial charge in [0.25, 0.3) is 0 Å². The van der Waals surface area contributed by atoms with E-state index < -0.39 is 0 Å². The molecule has 5 nitrogen and oxygen atoms in total. The predicted octanol–water partition coefficient (Wildman–Crippen LogP) is 3.44. The van der Waals surface area contributed by atoms with Crippen molar-refractivity contribution in [2.75, 3.05) is 53.1 Å². The second-order valence-corrected chi connectivity index (χ2v) is 8.57. The lowest BCUT2D eigenvalue weighted by Gasteiger charge is -2.44. The lowest BCUT2D eigenvalue weighted by molar-refractivity contribution is 0.0883. The van der Waals surface area contributed by atoms with Crippen LogP contribution in [0.1, 0.15) is 64.2 Å². The van der Waals surface area contributed by atoms with Crippen LogP contribution in [-0.2, 0) is 9.47 Å². The van der Waals surface area contributed by atoms with Crippen molar-refractivity contribution in [2.45, 2.75) is 64.2 Å². The minimum absolute atomic E-state index is 0.554. The Morgan fingerprint density at radius 3 is 2.73 bits per heavy atom. The summed E-state index contributed by atoms with van der Waals surface area (Å²) in [5.41, 5.74) is 0.554. The van der Waals surface area contributed by atoms with Crippen LogP contribution in [0.3, 0.4) is 0 Å². The van der Waals surface area contributed by atoms with Gasteiger partial charge in [0.1, 0.15) is 0 Å². The fraction of sp³-hybridized carbons (Fsp3) is 0.952. The average Bonchev–Trinajstić information content (AvgIpc) is 3.08. The third-order valence-electron chi connectivity index (χ3n) is 6.46. The van der Waals surface area contributed by atoms with Crippen LogP contribution < -0.4 is 5.32 Å². The van der Waals surface area contributed by atoms with E-state index in [2.05, 4.69) is 15.2 Å². The zero-order chi connectivity index (χ0) is 18.1. The van der Waals surface area contributed by atoms with Crippen molar-refractivity contribution in [3.63, 3.8) is 0 Å². The number of hydrogen-bond acceptors (Lipinski definition) is 3. The Balaban J connectivity index is 1.36. The molecular weight excluding hydrogens is 326 g/mol. The number of nitrogens with zero attached hydrogens (tertiary/aromatic N) is 2. The van der Waals surface area contributed by atoms with Crippen molar-refractivity contribution in [1.82, 2.24) is 10.2 Å². The van der Waals surface area contributed by atoms with E-state index in [0.29, 0.717) is 11.3 Å². The summed E-state index contributed by atoms with van der Waals surface area (Å²) >= 11 is 0. The molecule has 1 aliphatic carbocycles. The molecule has 3 fully saturated rings. The van der Waals surface area contributed by atoms with Gasteiger partial charge in [0.15, 0.2) is 5.96 Å². The molecule has 5 heteroatoms. The van der Waals surface area contributed by atoms with Crippen molar-refractivity contribution < 1.29 is 9.47 Å². The Hall–Kier alpha value is -0.810. The minimum Gasteiger partial charge on any atom is -0.381 e. The highest BCUT2D eigenvalue weighted by atomic mass is 16.5. The lowest BCUT2D eigenvalue weighted by Crippen LogP contribution is -2.50. The van der Waals surface area contributed by atoms with Crippen LogP contribution in [0.2, 0.25) is 0 Å². The molecule has 1 N–H and O–H groups in total. The van der Waals surface area contributed by atoms with E-state index in [1.54, 1.807) is 0 Å². The second kappa shape index (κ2) is 10.5. The van der Waals surface area contributed by atoms with Gasteiger partial charge in [0.05, 0.1) is 13.2 Å². The summed E-state index contributed by atoms with van der Waals surface area (Å²) in [6.45, 7) is 6.75. The van der Waals surface area contributed by atoms with Crippen molar-refractivity contribution in [1.29, 1.82) is 0 Å². The summed E-state index contributed by atoms with van der Waals surface area (Å²) in [5.74, 6) is 1.71. The first-order valence-corrected chi connectivity index (χ1v) is 10.9. The van der Waals surface area contributed by atoms with Gasteiger partial charge in [0, 0.05) is 45.8 Å². The molecule has 2 heterocycles. The number of nitrogens with one attached hydrogen (secondary N) is 1. The molecule has 150 valence electrons. The molecule has 0 aromatic rings. The SMILES string of the molecule is CN=C(NCCCOCC1CCOC1)N1CCCC2(CCCCCC2)C1. The van der Waals surface area contributed by atoms with Gasteiger partial charge in [-0.3, -0.25) is 4.99 Å². The quantitative estimate of drug-likeness (QED) is 0.445. The van der Waals surface area contributed by atoms with E-state index in [9.17, 15) is 0 Å². The third-order valence-corrected chi connectivity index (χ3v) is 6.46. The summed E-state index contributed by atoms with van der Waals surface area (Å²) in [4.78, 5) is 7.09. The van der Waals surface area contributed by atoms with Gasteiger partial charge in [-0.05, 0) is 43.9 Å². The molecule has 0 bridgehead atoms. The highest BCUT2D eigenvalue weighted by Crippen LogP contribution is 2.42. The number of likely N-dealkylation sites (tertiary alicyclic amines) is 1. The van der Waals surface area contributed by atoms with E-state index in [-0.39, 0.29) is 0 Å². The van der Waals surface area contributed by atoms with E-state index in [1.807, 2.05) is 7.05 Å². The van der Waals surface area contributed by atoms with Crippen LogP contribution in [-0.4, -0.2) is 64.0 Å². The first kappa shape index (κ1) is 19.9. The molecule has 26 heavy (non-hydrogen) atoms. The number of hydrogen-bond donors (Lipinski definition) is 1. The zero-order valence-corrected chi connectivity index (χ0v) is 16.8. The van der Waals surface area contributed by atoms with E-state index >= 15 is 0 Å². The fourth-order valence-corrected chi connectivity index (χ4v) is 4.95. The highest BCUT2D eigenvalue weighted by Gasteiger charge is 2.36. The molecule has 0 aromatic heterocycles. The molecule has 1 unspecified atom stereocenters. The Morgan fingerprint density at radius 2 is 2.00 bits per heavy atom. The van der Waals surface area contributed by atoms with Gasteiger partial charge in [-0.25, -0.2) is 0 Å². The molecule has 1 spiro atoms. The zero-order valence-electron chi connectivity index (χ0n) is 16.8. The van der Waals surface area contributed by atoms with Crippen LogP contribution in [0.25, 0.3) is 0 Å². The maximum atomic E-state index is 5.81. The van der Waals surface area contributed by atoms with Crippen molar-refractivity contribution in [3.8, 4) is 0 Å². The lowest BCUT2D eigenvalue weighted by atomic mass is 9.74. The highest BCUT2D eigenvalue weighted by molar-refractivity contribution is 5.80. The van der Waals surface area contributed by atoms with Crippen molar-refractivity contribution in [3.05, 3.63) is 0 Å². The van der Waals surface area contributed by atoms with Crippen molar-refractivity contribution >= 4 is 5.96 Å². The molecule has 3 aliphatic rings. The molecule has 0 aromatic carbocycles. The predicted molar refractivity (Wildman–Crippen MR) is 107 cm³/mol. The van der Waals surface area contributed by atoms with Gasteiger partial charge in [0.2, 0.25) is 0 Å². The third kappa shape index (κ3) is 5.85. The Morgan fingerprint density at radius 1 is 1.19 bits per heavy atom. The van der Waals surface area contributed by atoms with Crippen LogP contribution in [0.4, 0.5) is 0 Å².